The second kappa shape index (κ2) is 6.91. The normalized spacial score (nSPS) is 30.2. The van der Waals surface area contributed by atoms with Gasteiger partial charge in [-0.25, -0.2) is 4.79 Å². The summed E-state index contributed by atoms with van der Waals surface area (Å²) >= 11 is 6.25. The number of hydrogen-bond acceptors (Lipinski definition) is 2. The third-order valence-electron chi connectivity index (χ3n) is 7.34. The molecular formula is C25H25ClO3. The Balaban J connectivity index is 1.54. The molecule has 2 N–H and O–H groups in total. The maximum absolute atomic E-state index is 10.9. The number of carboxylic acid groups (broad SMARTS) is 1. The molecule has 0 unspecified atom stereocenters. The second-order valence-electron chi connectivity index (χ2n) is 9.34. The molecule has 0 spiro atoms. The molecule has 0 radical (unpaired) electrons. The summed E-state index contributed by atoms with van der Waals surface area (Å²) in [5.74, 6) is 1.85. The van der Waals surface area contributed by atoms with Crippen LogP contribution in [-0.2, 0) is 10.2 Å². The molecule has 0 atom stereocenters. The highest BCUT2D eigenvalue weighted by atomic mass is 35.5. The topological polar surface area (TPSA) is 57.5 Å². The van der Waals surface area contributed by atoms with Crippen molar-refractivity contribution >= 4 is 23.6 Å². The Hall–Kier alpha value is -2.26. The lowest BCUT2D eigenvalue weighted by molar-refractivity contribution is -0.131. The van der Waals surface area contributed by atoms with E-state index in [1.54, 1.807) is 6.07 Å². The number of phenols is 1. The summed E-state index contributed by atoms with van der Waals surface area (Å²) in [6.45, 7) is 0. The summed E-state index contributed by atoms with van der Waals surface area (Å²) in [5, 5.41) is 20.2. The molecule has 2 aromatic rings. The van der Waals surface area contributed by atoms with Crippen LogP contribution in [0.2, 0.25) is 5.02 Å². The zero-order valence-corrected chi connectivity index (χ0v) is 17.0. The molecule has 0 saturated heterocycles. The zero-order valence-electron chi connectivity index (χ0n) is 16.3. The van der Waals surface area contributed by atoms with Crippen molar-refractivity contribution in [2.45, 2.75) is 43.9 Å². The van der Waals surface area contributed by atoms with Gasteiger partial charge in [-0.2, -0.15) is 0 Å². The number of aliphatic carboxylic acids is 1. The van der Waals surface area contributed by atoms with Gasteiger partial charge in [0.25, 0.3) is 0 Å². The number of hydrogen-bond donors (Lipinski definition) is 2. The van der Waals surface area contributed by atoms with E-state index in [4.69, 9.17) is 16.7 Å². The van der Waals surface area contributed by atoms with Crippen molar-refractivity contribution in [1.82, 2.24) is 0 Å². The predicted octanol–water partition coefficient (Wildman–Crippen LogP) is 6.28. The van der Waals surface area contributed by atoms with Crippen molar-refractivity contribution in [2.24, 2.45) is 17.8 Å². The summed E-state index contributed by atoms with van der Waals surface area (Å²) in [7, 11) is 0. The van der Waals surface area contributed by atoms with Crippen LogP contribution < -0.4 is 0 Å². The Morgan fingerprint density at radius 3 is 2.17 bits per heavy atom. The van der Waals surface area contributed by atoms with Gasteiger partial charge in [0.1, 0.15) is 5.75 Å². The van der Waals surface area contributed by atoms with Gasteiger partial charge in [0.05, 0.1) is 0 Å². The fraction of sp³-hybridized carbons (Fsp3) is 0.400. The molecule has 4 heteroatoms. The minimum absolute atomic E-state index is 0.118. The molecule has 0 heterocycles. The van der Waals surface area contributed by atoms with Crippen molar-refractivity contribution < 1.29 is 15.0 Å². The molecule has 0 aromatic heterocycles. The fourth-order valence-electron chi connectivity index (χ4n) is 6.59. The van der Waals surface area contributed by atoms with Gasteiger partial charge in [-0.05, 0) is 109 Å². The number of phenolic OH excluding ortho intramolecular Hbond substituents is 1. The largest absolute Gasteiger partial charge is 0.508 e. The van der Waals surface area contributed by atoms with Crippen LogP contribution in [0.25, 0.3) is 17.2 Å². The van der Waals surface area contributed by atoms with Crippen LogP contribution in [0.15, 0.2) is 42.5 Å². The number of halogens is 1. The predicted molar refractivity (Wildman–Crippen MR) is 115 cm³/mol. The molecule has 150 valence electrons. The van der Waals surface area contributed by atoms with Crippen molar-refractivity contribution in [2.75, 3.05) is 0 Å². The van der Waals surface area contributed by atoms with Crippen LogP contribution in [0, 0.1) is 17.8 Å². The van der Waals surface area contributed by atoms with Crippen molar-refractivity contribution in [3.8, 4) is 16.9 Å². The Bertz CT molecular complexity index is 972. The average molecular weight is 409 g/mol. The molecule has 4 aliphatic rings. The van der Waals surface area contributed by atoms with E-state index in [1.165, 1.54) is 44.6 Å². The number of benzene rings is 2. The van der Waals surface area contributed by atoms with Gasteiger partial charge in [0.2, 0.25) is 0 Å². The van der Waals surface area contributed by atoms with Gasteiger partial charge in [0, 0.05) is 16.7 Å². The summed E-state index contributed by atoms with van der Waals surface area (Å²) in [5.41, 5.74) is 3.91. The molecule has 6 rings (SSSR count). The van der Waals surface area contributed by atoms with Gasteiger partial charge in [0.15, 0.2) is 0 Å². The number of carbonyl (C=O) groups is 1. The zero-order chi connectivity index (χ0) is 20.2. The first-order valence-electron chi connectivity index (χ1n) is 10.5. The Kier molecular flexibility index (Phi) is 4.47. The Labute approximate surface area is 176 Å². The van der Waals surface area contributed by atoms with Crippen LogP contribution in [-0.4, -0.2) is 16.2 Å². The van der Waals surface area contributed by atoms with Gasteiger partial charge in [-0.1, -0.05) is 23.7 Å². The van der Waals surface area contributed by atoms with Crippen molar-refractivity contribution in [3.05, 3.63) is 58.6 Å². The van der Waals surface area contributed by atoms with Crippen LogP contribution >= 0.6 is 11.6 Å². The third-order valence-corrected chi connectivity index (χ3v) is 7.69. The fourth-order valence-corrected chi connectivity index (χ4v) is 6.77. The van der Waals surface area contributed by atoms with E-state index >= 15 is 0 Å². The summed E-state index contributed by atoms with van der Waals surface area (Å²) < 4.78 is 0. The lowest BCUT2D eigenvalue weighted by Gasteiger charge is -2.57. The van der Waals surface area contributed by atoms with Gasteiger partial charge < -0.3 is 10.2 Å². The first-order chi connectivity index (χ1) is 13.9. The lowest BCUT2D eigenvalue weighted by Crippen LogP contribution is -2.48. The summed E-state index contributed by atoms with van der Waals surface area (Å²) in [6.07, 6.45) is 10.3. The third kappa shape index (κ3) is 3.36. The molecule has 3 nitrogen and oxygen atoms in total. The van der Waals surface area contributed by atoms with Crippen molar-refractivity contribution in [3.63, 3.8) is 0 Å². The van der Waals surface area contributed by atoms with Gasteiger partial charge in [-0.3, -0.25) is 0 Å². The molecule has 4 bridgehead atoms. The molecule has 0 amide bonds. The monoisotopic (exact) mass is 408 g/mol. The average Bonchev–Trinajstić information content (AvgIpc) is 2.66. The maximum atomic E-state index is 10.9. The van der Waals surface area contributed by atoms with Crippen LogP contribution in [0.1, 0.15) is 49.7 Å². The van der Waals surface area contributed by atoms with Crippen LogP contribution in [0.5, 0.6) is 5.75 Å². The van der Waals surface area contributed by atoms with Gasteiger partial charge in [-0.15, -0.1) is 0 Å². The van der Waals surface area contributed by atoms with Crippen LogP contribution in [0.3, 0.4) is 0 Å². The summed E-state index contributed by atoms with van der Waals surface area (Å²) in [4.78, 5) is 10.9. The van der Waals surface area contributed by atoms with E-state index in [0.29, 0.717) is 16.3 Å². The smallest absolute Gasteiger partial charge is 0.328 e. The minimum atomic E-state index is -1.000. The lowest BCUT2D eigenvalue weighted by atomic mass is 9.48. The van der Waals surface area contributed by atoms with E-state index in [-0.39, 0.29) is 5.41 Å². The summed E-state index contributed by atoms with van der Waals surface area (Å²) in [6, 6.07) is 11.6. The second-order valence-corrected chi connectivity index (χ2v) is 9.74. The van der Waals surface area contributed by atoms with E-state index in [9.17, 15) is 9.90 Å². The molecule has 0 aliphatic heterocycles. The highest BCUT2D eigenvalue weighted by Gasteiger charge is 2.52. The van der Waals surface area contributed by atoms with E-state index in [1.807, 2.05) is 24.3 Å². The minimum Gasteiger partial charge on any atom is -0.508 e. The molecular weight excluding hydrogens is 384 g/mol. The molecule has 4 fully saturated rings. The van der Waals surface area contributed by atoms with Crippen LogP contribution in [0.4, 0.5) is 0 Å². The molecule has 2 aromatic carbocycles. The van der Waals surface area contributed by atoms with E-state index in [2.05, 4.69) is 6.07 Å². The first-order valence-corrected chi connectivity index (χ1v) is 10.8. The van der Waals surface area contributed by atoms with E-state index in [0.717, 1.165) is 40.5 Å². The Morgan fingerprint density at radius 2 is 1.55 bits per heavy atom. The first kappa shape index (κ1) is 18.7. The molecule has 4 aliphatic carbocycles. The van der Waals surface area contributed by atoms with Gasteiger partial charge >= 0.3 is 5.97 Å². The highest BCUT2D eigenvalue weighted by Crippen LogP contribution is 2.62. The number of carboxylic acids is 1. The van der Waals surface area contributed by atoms with E-state index < -0.39 is 5.97 Å². The number of aromatic hydroxyl groups is 1. The standard InChI is InChI=1S/C25H25ClO3/c26-22-4-1-18(10-20(22)3-6-24(28)29)19-2-5-23(27)21(11-19)25-12-15-7-16(13-25)9-17(8-15)14-25/h1-6,10-11,15-17,27H,7-9,12-14H2,(H,28,29). The molecule has 4 saturated carbocycles. The maximum Gasteiger partial charge on any atom is 0.328 e. The SMILES string of the molecule is O=C(O)C=Cc1cc(-c2ccc(O)c(C34CC5CC(CC(C5)C3)C4)c2)ccc1Cl. The molecule has 29 heavy (non-hydrogen) atoms. The highest BCUT2D eigenvalue weighted by molar-refractivity contribution is 6.32. The van der Waals surface area contributed by atoms with Crippen molar-refractivity contribution in [1.29, 1.82) is 0 Å². The number of rotatable bonds is 4. The quantitative estimate of drug-likeness (QED) is 0.585. The Morgan fingerprint density at radius 1 is 0.966 bits per heavy atom.